The van der Waals surface area contributed by atoms with Crippen LogP contribution in [-0.2, 0) is 23.5 Å². The van der Waals surface area contributed by atoms with Crippen molar-refractivity contribution in [1.29, 1.82) is 0 Å². The number of aryl methyl sites for hydroxylation is 1. The van der Waals surface area contributed by atoms with E-state index in [9.17, 15) is 8.42 Å². The van der Waals surface area contributed by atoms with Gasteiger partial charge in [-0.3, -0.25) is 9.40 Å². The summed E-state index contributed by atoms with van der Waals surface area (Å²) in [5.41, 5.74) is 1.93. The first-order chi connectivity index (χ1) is 12.0. The molecule has 1 saturated carbocycles. The summed E-state index contributed by atoms with van der Waals surface area (Å²) >= 11 is 0. The highest BCUT2D eigenvalue weighted by molar-refractivity contribution is 7.92. The average molecular weight is 361 g/mol. The summed E-state index contributed by atoms with van der Waals surface area (Å²) < 4.78 is 35.2. The molecule has 0 bridgehead atoms. The van der Waals surface area contributed by atoms with Crippen molar-refractivity contribution in [1.82, 2.24) is 9.78 Å². The number of rotatable bonds is 4. The van der Waals surface area contributed by atoms with Gasteiger partial charge in [-0.2, -0.15) is 5.10 Å². The van der Waals surface area contributed by atoms with E-state index in [4.69, 9.17) is 4.74 Å². The molecule has 6 nitrogen and oxygen atoms in total. The molecular formula is C18H23N3O3S. The molecular weight excluding hydrogens is 338 g/mol. The maximum atomic E-state index is 12.7. The molecule has 2 aromatic rings. The summed E-state index contributed by atoms with van der Waals surface area (Å²) in [5.74, 6) is 1.73. The number of sulfonamides is 1. The van der Waals surface area contributed by atoms with Gasteiger partial charge in [0.2, 0.25) is 0 Å². The Labute approximate surface area is 148 Å². The summed E-state index contributed by atoms with van der Waals surface area (Å²) in [6.45, 7) is 0.610. The highest BCUT2D eigenvalue weighted by atomic mass is 32.2. The minimum Gasteiger partial charge on any atom is -0.493 e. The van der Waals surface area contributed by atoms with Gasteiger partial charge in [-0.25, -0.2) is 8.42 Å². The molecule has 1 aromatic carbocycles. The second-order valence-electron chi connectivity index (χ2n) is 6.89. The third-order valence-corrected chi connectivity index (χ3v) is 6.48. The van der Waals surface area contributed by atoms with Crippen LogP contribution in [0.4, 0.5) is 5.82 Å². The van der Waals surface area contributed by atoms with Crippen LogP contribution >= 0.6 is 0 Å². The van der Waals surface area contributed by atoms with Crippen LogP contribution in [0.2, 0.25) is 0 Å². The SMILES string of the molecule is Cn1nc(C2CCCCC2)cc1NS(=O)(=O)c1ccc2c(c1)CCO2. The van der Waals surface area contributed by atoms with Crippen molar-refractivity contribution < 1.29 is 13.2 Å². The first kappa shape index (κ1) is 16.4. The second kappa shape index (κ2) is 6.37. The minimum absolute atomic E-state index is 0.261. The first-order valence-corrected chi connectivity index (χ1v) is 10.3. The van der Waals surface area contributed by atoms with Crippen LogP contribution in [0.25, 0.3) is 0 Å². The normalized spacial score (nSPS) is 18.0. The van der Waals surface area contributed by atoms with E-state index in [1.54, 1.807) is 29.9 Å². The average Bonchev–Trinajstić information content (AvgIpc) is 3.21. The molecule has 1 aliphatic carbocycles. The van der Waals surface area contributed by atoms with Gasteiger partial charge in [0.25, 0.3) is 10.0 Å². The highest BCUT2D eigenvalue weighted by Gasteiger charge is 2.23. The topological polar surface area (TPSA) is 73.2 Å². The molecule has 0 unspecified atom stereocenters. The molecule has 0 saturated heterocycles. The lowest BCUT2D eigenvalue weighted by molar-refractivity contribution is 0.356. The summed E-state index contributed by atoms with van der Waals surface area (Å²) in [6, 6.07) is 6.89. The number of hydrogen-bond donors (Lipinski definition) is 1. The molecule has 1 N–H and O–H groups in total. The fraction of sp³-hybridized carbons (Fsp3) is 0.500. The maximum Gasteiger partial charge on any atom is 0.263 e. The molecule has 0 atom stereocenters. The van der Waals surface area contributed by atoms with Crippen molar-refractivity contribution in [2.45, 2.75) is 49.3 Å². The number of nitrogens with zero attached hydrogens (tertiary/aromatic N) is 2. The largest absolute Gasteiger partial charge is 0.493 e. The van der Waals surface area contributed by atoms with Crippen molar-refractivity contribution in [3.63, 3.8) is 0 Å². The zero-order valence-electron chi connectivity index (χ0n) is 14.4. The number of fused-ring (bicyclic) bond motifs is 1. The number of ether oxygens (including phenoxy) is 1. The van der Waals surface area contributed by atoms with Gasteiger partial charge in [0.05, 0.1) is 17.2 Å². The molecule has 2 heterocycles. The van der Waals surface area contributed by atoms with Gasteiger partial charge in [-0.1, -0.05) is 19.3 Å². The van der Waals surface area contributed by atoms with E-state index in [0.717, 1.165) is 36.3 Å². The number of nitrogens with one attached hydrogen (secondary N) is 1. The van der Waals surface area contributed by atoms with Crippen molar-refractivity contribution >= 4 is 15.8 Å². The first-order valence-electron chi connectivity index (χ1n) is 8.85. The second-order valence-corrected chi connectivity index (χ2v) is 8.57. The molecule has 25 heavy (non-hydrogen) atoms. The van der Waals surface area contributed by atoms with Crippen LogP contribution in [0.3, 0.4) is 0 Å². The van der Waals surface area contributed by atoms with Crippen LogP contribution in [0.5, 0.6) is 5.75 Å². The molecule has 0 radical (unpaired) electrons. The predicted molar refractivity (Wildman–Crippen MR) is 95.5 cm³/mol. The smallest absolute Gasteiger partial charge is 0.263 e. The molecule has 0 spiro atoms. The Morgan fingerprint density at radius 1 is 1.20 bits per heavy atom. The maximum absolute atomic E-state index is 12.7. The van der Waals surface area contributed by atoms with Gasteiger partial charge in [-0.15, -0.1) is 0 Å². The lowest BCUT2D eigenvalue weighted by atomic mass is 9.87. The molecule has 134 valence electrons. The van der Waals surface area contributed by atoms with Crippen LogP contribution in [0.15, 0.2) is 29.2 Å². The van der Waals surface area contributed by atoms with Crippen LogP contribution < -0.4 is 9.46 Å². The number of benzene rings is 1. The fourth-order valence-electron chi connectivity index (χ4n) is 3.71. The summed E-state index contributed by atoms with van der Waals surface area (Å²) in [4.78, 5) is 0.261. The van der Waals surface area contributed by atoms with E-state index in [2.05, 4.69) is 9.82 Å². The molecule has 1 aromatic heterocycles. The molecule has 4 rings (SSSR count). The minimum atomic E-state index is -3.64. The Balaban J connectivity index is 1.57. The van der Waals surface area contributed by atoms with Crippen LogP contribution in [0.1, 0.15) is 49.3 Å². The van der Waals surface area contributed by atoms with Gasteiger partial charge < -0.3 is 4.74 Å². The lowest BCUT2D eigenvalue weighted by Crippen LogP contribution is -2.15. The van der Waals surface area contributed by atoms with Gasteiger partial charge in [0, 0.05) is 25.5 Å². The molecule has 2 aliphatic rings. The van der Waals surface area contributed by atoms with Gasteiger partial charge >= 0.3 is 0 Å². The standard InChI is InChI=1S/C18H23N3O3S/c1-21-18(12-16(19-21)13-5-3-2-4-6-13)20-25(22,23)15-7-8-17-14(11-15)9-10-24-17/h7-8,11-13,20H,2-6,9-10H2,1H3. The number of anilines is 1. The Morgan fingerprint density at radius 3 is 2.80 bits per heavy atom. The van der Waals surface area contributed by atoms with E-state index in [1.165, 1.54) is 19.3 Å². The van der Waals surface area contributed by atoms with Crippen molar-refractivity contribution in [2.75, 3.05) is 11.3 Å². The summed E-state index contributed by atoms with van der Waals surface area (Å²) in [6.07, 6.45) is 6.74. The third-order valence-electron chi connectivity index (χ3n) is 5.13. The Bertz CT molecular complexity index is 883. The van der Waals surface area contributed by atoms with Gasteiger partial charge in [-0.05, 0) is 36.6 Å². The zero-order chi connectivity index (χ0) is 17.4. The number of aromatic nitrogens is 2. The lowest BCUT2D eigenvalue weighted by Gasteiger charge is -2.19. The molecule has 7 heteroatoms. The van der Waals surface area contributed by atoms with Crippen molar-refractivity contribution in [3.05, 3.63) is 35.5 Å². The van der Waals surface area contributed by atoms with E-state index in [-0.39, 0.29) is 4.90 Å². The van der Waals surface area contributed by atoms with Crippen molar-refractivity contribution in [3.8, 4) is 5.75 Å². The molecule has 1 fully saturated rings. The van der Waals surface area contributed by atoms with Gasteiger partial charge in [0.15, 0.2) is 0 Å². The summed E-state index contributed by atoms with van der Waals surface area (Å²) in [5, 5.41) is 4.54. The third kappa shape index (κ3) is 3.25. The van der Waals surface area contributed by atoms with Crippen LogP contribution in [0, 0.1) is 0 Å². The van der Waals surface area contributed by atoms with Crippen molar-refractivity contribution in [2.24, 2.45) is 7.05 Å². The highest BCUT2D eigenvalue weighted by Crippen LogP contribution is 2.33. The summed E-state index contributed by atoms with van der Waals surface area (Å²) in [7, 11) is -1.86. The number of hydrogen-bond acceptors (Lipinski definition) is 4. The van der Waals surface area contributed by atoms with E-state index in [1.807, 2.05) is 6.07 Å². The van der Waals surface area contributed by atoms with E-state index >= 15 is 0 Å². The Hall–Kier alpha value is -2.02. The Morgan fingerprint density at radius 2 is 2.00 bits per heavy atom. The predicted octanol–water partition coefficient (Wildman–Crippen LogP) is 3.20. The molecule has 0 amide bonds. The van der Waals surface area contributed by atoms with E-state index in [0.29, 0.717) is 18.3 Å². The van der Waals surface area contributed by atoms with Crippen LogP contribution in [-0.4, -0.2) is 24.8 Å². The molecule has 1 aliphatic heterocycles. The van der Waals surface area contributed by atoms with Gasteiger partial charge in [0.1, 0.15) is 11.6 Å². The van der Waals surface area contributed by atoms with E-state index < -0.39 is 10.0 Å². The zero-order valence-corrected chi connectivity index (χ0v) is 15.2. The Kier molecular flexibility index (Phi) is 4.19. The fourth-order valence-corrected chi connectivity index (χ4v) is 4.84. The monoisotopic (exact) mass is 361 g/mol. The quantitative estimate of drug-likeness (QED) is 0.907.